The topological polar surface area (TPSA) is 68.0 Å². The second-order valence-corrected chi connectivity index (χ2v) is 6.48. The van der Waals surface area contributed by atoms with Gasteiger partial charge in [0, 0.05) is 23.5 Å². The van der Waals surface area contributed by atoms with Gasteiger partial charge in [0.15, 0.2) is 0 Å². The highest BCUT2D eigenvalue weighted by Gasteiger charge is 2.17. The van der Waals surface area contributed by atoms with E-state index in [4.69, 9.17) is 5.11 Å². The predicted molar refractivity (Wildman–Crippen MR) is 84.1 cm³/mol. The molecule has 0 aliphatic rings. The van der Waals surface area contributed by atoms with E-state index in [1.54, 1.807) is 22.8 Å². The normalized spacial score (nSPS) is 11.0. The van der Waals surface area contributed by atoms with Crippen LogP contribution >= 0.6 is 22.7 Å². The summed E-state index contributed by atoms with van der Waals surface area (Å²) in [5.41, 5.74) is 4.20. The van der Waals surface area contributed by atoms with Crippen molar-refractivity contribution in [1.82, 2.24) is 14.8 Å². The highest BCUT2D eigenvalue weighted by atomic mass is 32.1. The maximum Gasteiger partial charge on any atom is 0.336 e. The van der Waals surface area contributed by atoms with Gasteiger partial charge in [-0.05, 0) is 19.9 Å². The minimum Gasteiger partial charge on any atom is -0.478 e. The molecular formula is C14H13N3O2S2. The van der Waals surface area contributed by atoms with E-state index >= 15 is 0 Å². The summed E-state index contributed by atoms with van der Waals surface area (Å²) in [4.78, 5) is 16.5. The molecule has 0 fully saturated rings. The minimum absolute atomic E-state index is 0.304. The van der Waals surface area contributed by atoms with Crippen LogP contribution in [0.25, 0.3) is 21.1 Å². The van der Waals surface area contributed by atoms with E-state index in [1.165, 1.54) is 11.3 Å². The average molecular weight is 319 g/mol. The molecule has 21 heavy (non-hydrogen) atoms. The van der Waals surface area contributed by atoms with Crippen molar-refractivity contribution in [2.24, 2.45) is 7.05 Å². The van der Waals surface area contributed by atoms with Gasteiger partial charge in [-0.2, -0.15) is 5.10 Å². The van der Waals surface area contributed by atoms with E-state index in [0.29, 0.717) is 5.56 Å². The van der Waals surface area contributed by atoms with Crippen molar-refractivity contribution in [3.63, 3.8) is 0 Å². The molecule has 0 unspecified atom stereocenters. The van der Waals surface area contributed by atoms with Crippen molar-refractivity contribution in [2.75, 3.05) is 0 Å². The SMILES string of the molecule is Cc1nn(C)c(C)c1-c1nc(-c2cc(C(=O)O)cs2)cs1. The maximum absolute atomic E-state index is 10.9. The van der Waals surface area contributed by atoms with Crippen LogP contribution in [0.15, 0.2) is 16.8 Å². The Balaban J connectivity index is 2.01. The van der Waals surface area contributed by atoms with Gasteiger partial charge in [0.25, 0.3) is 0 Å². The zero-order valence-corrected chi connectivity index (χ0v) is 13.4. The van der Waals surface area contributed by atoms with Gasteiger partial charge in [-0.3, -0.25) is 4.68 Å². The van der Waals surface area contributed by atoms with Crippen molar-refractivity contribution < 1.29 is 9.90 Å². The van der Waals surface area contributed by atoms with Gasteiger partial charge in [0.05, 0.1) is 27.4 Å². The molecule has 0 aliphatic carbocycles. The van der Waals surface area contributed by atoms with E-state index in [1.807, 2.05) is 31.0 Å². The fourth-order valence-corrected chi connectivity index (χ4v) is 4.05. The molecule has 1 N–H and O–H groups in total. The van der Waals surface area contributed by atoms with E-state index in [0.717, 1.165) is 32.5 Å². The summed E-state index contributed by atoms with van der Waals surface area (Å²) in [5.74, 6) is -0.910. The lowest BCUT2D eigenvalue weighted by Gasteiger charge is -1.96. The number of thiazole rings is 1. The van der Waals surface area contributed by atoms with Gasteiger partial charge < -0.3 is 5.11 Å². The largest absolute Gasteiger partial charge is 0.478 e. The molecule has 0 saturated heterocycles. The smallest absolute Gasteiger partial charge is 0.336 e. The number of aryl methyl sites for hydroxylation is 2. The molecule has 0 spiro atoms. The van der Waals surface area contributed by atoms with Gasteiger partial charge in [0.1, 0.15) is 5.01 Å². The number of thiophene rings is 1. The first kappa shape index (κ1) is 14.0. The fraction of sp³-hybridized carbons (Fsp3) is 0.214. The van der Waals surface area contributed by atoms with E-state index < -0.39 is 5.97 Å². The van der Waals surface area contributed by atoms with Crippen LogP contribution in [-0.4, -0.2) is 25.8 Å². The van der Waals surface area contributed by atoms with Crippen molar-refractivity contribution in [3.8, 4) is 21.1 Å². The molecule has 0 aliphatic heterocycles. The van der Waals surface area contributed by atoms with Crippen molar-refractivity contribution in [2.45, 2.75) is 13.8 Å². The third-order valence-electron chi connectivity index (χ3n) is 3.33. The average Bonchev–Trinajstić information content (AvgIpc) is 3.10. The van der Waals surface area contributed by atoms with Gasteiger partial charge >= 0.3 is 5.97 Å². The summed E-state index contributed by atoms with van der Waals surface area (Å²) in [6, 6.07) is 1.66. The molecule has 3 aromatic heterocycles. The fourth-order valence-electron chi connectivity index (χ4n) is 2.17. The number of carboxylic acid groups (broad SMARTS) is 1. The molecule has 5 nitrogen and oxygen atoms in total. The molecule has 3 aromatic rings. The standard InChI is InChI=1S/C14H13N3O2S2/c1-7-12(8(2)17(3)16-7)13-15-10(6-21-13)11-4-9(5-20-11)14(18)19/h4-6H,1-3H3,(H,18,19). The first-order valence-electron chi connectivity index (χ1n) is 6.25. The Morgan fingerprint density at radius 3 is 2.62 bits per heavy atom. The highest BCUT2D eigenvalue weighted by molar-refractivity contribution is 7.15. The number of nitrogens with zero attached hydrogens (tertiary/aromatic N) is 3. The Kier molecular flexibility index (Phi) is 3.38. The number of rotatable bonds is 3. The van der Waals surface area contributed by atoms with Crippen LogP contribution < -0.4 is 0 Å². The number of hydrogen-bond donors (Lipinski definition) is 1. The lowest BCUT2D eigenvalue weighted by Crippen LogP contribution is -1.92. The van der Waals surface area contributed by atoms with Gasteiger partial charge in [-0.25, -0.2) is 9.78 Å². The molecule has 0 radical (unpaired) electrons. The number of carbonyl (C=O) groups is 1. The van der Waals surface area contributed by atoms with E-state index in [2.05, 4.69) is 10.1 Å². The van der Waals surface area contributed by atoms with Crippen LogP contribution in [0, 0.1) is 13.8 Å². The first-order valence-corrected chi connectivity index (χ1v) is 8.01. The van der Waals surface area contributed by atoms with Crippen molar-refractivity contribution in [3.05, 3.63) is 33.8 Å². The van der Waals surface area contributed by atoms with Crippen LogP contribution in [0.3, 0.4) is 0 Å². The Morgan fingerprint density at radius 2 is 2.05 bits per heavy atom. The highest BCUT2D eigenvalue weighted by Crippen LogP contribution is 2.34. The van der Waals surface area contributed by atoms with Crippen LogP contribution in [0.5, 0.6) is 0 Å². The summed E-state index contributed by atoms with van der Waals surface area (Å²) >= 11 is 2.95. The molecular weight excluding hydrogens is 306 g/mol. The van der Waals surface area contributed by atoms with Crippen LogP contribution in [-0.2, 0) is 7.05 Å². The molecule has 0 aromatic carbocycles. The molecule has 3 rings (SSSR count). The van der Waals surface area contributed by atoms with Crippen molar-refractivity contribution in [1.29, 1.82) is 0 Å². The third-order valence-corrected chi connectivity index (χ3v) is 5.14. The molecule has 0 bridgehead atoms. The monoisotopic (exact) mass is 319 g/mol. The summed E-state index contributed by atoms with van der Waals surface area (Å²) in [6.45, 7) is 3.99. The van der Waals surface area contributed by atoms with Crippen molar-refractivity contribution >= 4 is 28.6 Å². The molecule has 3 heterocycles. The second kappa shape index (κ2) is 5.09. The number of aromatic carboxylic acids is 1. The Hall–Kier alpha value is -1.99. The van der Waals surface area contributed by atoms with Gasteiger partial charge in [0.2, 0.25) is 0 Å². The van der Waals surface area contributed by atoms with Crippen LogP contribution in [0.4, 0.5) is 0 Å². The van der Waals surface area contributed by atoms with Gasteiger partial charge in [-0.1, -0.05) is 0 Å². The molecule has 0 amide bonds. The summed E-state index contributed by atoms with van der Waals surface area (Å²) in [7, 11) is 1.92. The first-order chi connectivity index (χ1) is 9.97. The van der Waals surface area contributed by atoms with E-state index in [9.17, 15) is 4.79 Å². The second-order valence-electron chi connectivity index (χ2n) is 4.71. The minimum atomic E-state index is -0.910. The molecule has 0 saturated carbocycles. The Bertz CT molecular complexity index is 829. The lowest BCUT2D eigenvalue weighted by atomic mass is 10.2. The molecule has 7 heteroatoms. The van der Waals surface area contributed by atoms with Crippen LogP contribution in [0.2, 0.25) is 0 Å². The van der Waals surface area contributed by atoms with E-state index in [-0.39, 0.29) is 0 Å². The predicted octanol–water partition coefficient (Wildman–Crippen LogP) is 3.59. The summed E-state index contributed by atoms with van der Waals surface area (Å²) in [6.07, 6.45) is 0. The molecule has 108 valence electrons. The number of carboxylic acids is 1. The van der Waals surface area contributed by atoms with Gasteiger partial charge in [-0.15, -0.1) is 22.7 Å². The Labute approximate surface area is 129 Å². The maximum atomic E-state index is 10.9. The zero-order chi connectivity index (χ0) is 15.1. The summed E-state index contributed by atoms with van der Waals surface area (Å²) < 4.78 is 1.85. The lowest BCUT2D eigenvalue weighted by molar-refractivity contribution is 0.0697. The van der Waals surface area contributed by atoms with Crippen LogP contribution in [0.1, 0.15) is 21.7 Å². The number of aromatic nitrogens is 3. The number of hydrogen-bond acceptors (Lipinski definition) is 5. The molecule has 0 atom stereocenters. The third kappa shape index (κ3) is 2.38. The Morgan fingerprint density at radius 1 is 1.29 bits per heavy atom. The summed E-state index contributed by atoms with van der Waals surface area (Å²) in [5, 5.41) is 17.9. The quantitative estimate of drug-likeness (QED) is 0.801. The zero-order valence-electron chi connectivity index (χ0n) is 11.7.